The van der Waals surface area contributed by atoms with Gasteiger partial charge in [-0.25, -0.2) is 0 Å². The average molecular weight is 171 g/mol. The predicted octanol–water partition coefficient (Wildman–Crippen LogP) is -0.366. The van der Waals surface area contributed by atoms with E-state index in [0.29, 0.717) is 25.7 Å². The smallest absolute Gasteiger partial charge is 0.225 e. The zero-order valence-electron chi connectivity index (χ0n) is 6.99. The Labute approximate surface area is 71.4 Å². The summed E-state index contributed by atoms with van der Waals surface area (Å²) in [5.41, 5.74) is 0. The first kappa shape index (κ1) is 8.01. The van der Waals surface area contributed by atoms with E-state index in [4.69, 9.17) is 9.47 Å². The lowest BCUT2D eigenvalue weighted by Gasteiger charge is -2.17. The first-order valence-corrected chi connectivity index (χ1v) is 4.33. The largest absolute Gasteiger partial charge is 0.379 e. The molecule has 1 amide bonds. The van der Waals surface area contributed by atoms with Gasteiger partial charge < -0.3 is 14.4 Å². The van der Waals surface area contributed by atoms with Gasteiger partial charge >= 0.3 is 0 Å². The maximum absolute atomic E-state index is 11.4. The molecule has 2 aliphatic rings. The molecule has 0 aromatic heterocycles. The Kier molecular flexibility index (Phi) is 2.28. The number of epoxide rings is 1. The monoisotopic (exact) mass is 171 g/mol. The van der Waals surface area contributed by atoms with Crippen LogP contribution >= 0.6 is 0 Å². The van der Waals surface area contributed by atoms with Gasteiger partial charge in [0, 0.05) is 13.1 Å². The van der Waals surface area contributed by atoms with E-state index in [0.717, 1.165) is 19.7 Å². The molecule has 68 valence electrons. The van der Waals surface area contributed by atoms with Crippen molar-refractivity contribution < 1.29 is 14.3 Å². The summed E-state index contributed by atoms with van der Waals surface area (Å²) in [5, 5.41) is 0. The Morgan fingerprint density at radius 3 is 3.08 bits per heavy atom. The highest BCUT2D eigenvalue weighted by Gasteiger charge is 2.28. The summed E-state index contributed by atoms with van der Waals surface area (Å²) >= 11 is 0. The number of carbonyl (C=O) groups excluding carboxylic acids is 1. The molecule has 2 heterocycles. The van der Waals surface area contributed by atoms with Crippen molar-refractivity contribution >= 4 is 5.91 Å². The van der Waals surface area contributed by atoms with Crippen LogP contribution in [0.1, 0.15) is 6.42 Å². The van der Waals surface area contributed by atoms with Crippen molar-refractivity contribution in [2.24, 2.45) is 0 Å². The Morgan fingerprint density at radius 1 is 1.50 bits per heavy atom. The Hall–Kier alpha value is -0.610. The maximum atomic E-state index is 11.4. The van der Waals surface area contributed by atoms with E-state index in [-0.39, 0.29) is 5.91 Å². The topological polar surface area (TPSA) is 42.1 Å². The van der Waals surface area contributed by atoms with Crippen molar-refractivity contribution in [1.29, 1.82) is 0 Å². The fourth-order valence-corrected chi connectivity index (χ4v) is 1.33. The minimum absolute atomic E-state index is 0.197. The molecule has 0 aromatic carbocycles. The van der Waals surface area contributed by atoms with Gasteiger partial charge in [0.25, 0.3) is 0 Å². The molecule has 12 heavy (non-hydrogen) atoms. The van der Waals surface area contributed by atoms with Crippen molar-refractivity contribution in [3.8, 4) is 0 Å². The summed E-state index contributed by atoms with van der Waals surface area (Å²) < 4.78 is 10.3. The van der Waals surface area contributed by atoms with Gasteiger partial charge in [-0.2, -0.15) is 0 Å². The van der Waals surface area contributed by atoms with Crippen LogP contribution in [-0.4, -0.2) is 49.8 Å². The summed E-state index contributed by atoms with van der Waals surface area (Å²) in [7, 11) is 0. The summed E-state index contributed by atoms with van der Waals surface area (Å²) in [4.78, 5) is 13.2. The van der Waals surface area contributed by atoms with Crippen molar-refractivity contribution in [2.75, 3.05) is 32.9 Å². The number of carbonyl (C=O) groups is 1. The number of amides is 1. The SMILES string of the molecule is O=C1CCOCCN1C[C@@H]1CO1. The van der Waals surface area contributed by atoms with Gasteiger partial charge in [0.1, 0.15) is 0 Å². The minimum atomic E-state index is 0.197. The normalized spacial score (nSPS) is 30.2. The van der Waals surface area contributed by atoms with Gasteiger partial charge in [0.15, 0.2) is 0 Å². The van der Waals surface area contributed by atoms with Crippen LogP contribution in [0.3, 0.4) is 0 Å². The molecule has 2 fully saturated rings. The van der Waals surface area contributed by atoms with Crippen LogP contribution in [-0.2, 0) is 14.3 Å². The van der Waals surface area contributed by atoms with E-state index >= 15 is 0 Å². The molecular weight excluding hydrogens is 158 g/mol. The second kappa shape index (κ2) is 3.41. The van der Waals surface area contributed by atoms with Crippen LogP contribution in [0.5, 0.6) is 0 Å². The molecule has 2 aliphatic heterocycles. The second-order valence-corrected chi connectivity index (χ2v) is 3.16. The summed E-state index contributed by atoms with van der Waals surface area (Å²) in [6.07, 6.45) is 0.819. The van der Waals surface area contributed by atoms with Gasteiger partial charge in [0.2, 0.25) is 5.91 Å². The fourth-order valence-electron chi connectivity index (χ4n) is 1.33. The van der Waals surface area contributed by atoms with E-state index in [9.17, 15) is 4.79 Å². The zero-order chi connectivity index (χ0) is 8.39. The van der Waals surface area contributed by atoms with Gasteiger partial charge in [-0.15, -0.1) is 0 Å². The van der Waals surface area contributed by atoms with Crippen LogP contribution in [0.25, 0.3) is 0 Å². The quantitative estimate of drug-likeness (QED) is 0.532. The standard InChI is InChI=1S/C8H13NO3/c10-8-1-3-11-4-2-9(8)5-7-6-12-7/h7H,1-6H2/t7-/m1/s1. The molecule has 2 saturated heterocycles. The van der Waals surface area contributed by atoms with Gasteiger partial charge in [-0.05, 0) is 0 Å². The number of ether oxygens (including phenoxy) is 2. The number of hydrogen-bond donors (Lipinski definition) is 0. The Morgan fingerprint density at radius 2 is 2.33 bits per heavy atom. The number of hydrogen-bond acceptors (Lipinski definition) is 3. The molecule has 0 aliphatic carbocycles. The van der Waals surface area contributed by atoms with E-state index in [2.05, 4.69) is 0 Å². The number of nitrogens with zero attached hydrogens (tertiary/aromatic N) is 1. The number of rotatable bonds is 2. The van der Waals surface area contributed by atoms with Gasteiger partial charge in [0.05, 0.1) is 32.3 Å². The second-order valence-electron chi connectivity index (χ2n) is 3.16. The lowest BCUT2D eigenvalue weighted by atomic mass is 10.3. The van der Waals surface area contributed by atoms with E-state index in [1.54, 1.807) is 0 Å². The van der Waals surface area contributed by atoms with Crippen LogP contribution in [0, 0.1) is 0 Å². The maximum Gasteiger partial charge on any atom is 0.225 e. The molecule has 0 radical (unpaired) electrons. The lowest BCUT2D eigenvalue weighted by Crippen LogP contribution is -2.34. The first-order chi connectivity index (χ1) is 5.86. The molecule has 0 unspecified atom stereocenters. The summed E-state index contributed by atoms with van der Waals surface area (Å²) in [6, 6.07) is 0. The molecular formula is C8H13NO3. The molecule has 1 atom stereocenters. The van der Waals surface area contributed by atoms with E-state index < -0.39 is 0 Å². The highest BCUT2D eigenvalue weighted by molar-refractivity contribution is 5.76. The van der Waals surface area contributed by atoms with Crippen molar-refractivity contribution in [3.05, 3.63) is 0 Å². The highest BCUT2D eigenvalue weighted by atomic mass is 16.6. The third-order valence-electron chi connectivity index (χ3n) is 2.14. The van der Waals surface area contributed by atoms with Gasteiger partial charge in [-0.3, -0.25) is 4.79 Å². The molecule has 2 rings (SSSR count). The third kappa shape index (κ3) is 1.95. The van der Waals surface area contributed by atoms with Crippen LogP contribution in [0.4, 0.5) is 0 Å². The molecule has 0 N–H and O–H groups in total. The summed E-state index contributed by atoms with van der Waals surface area (Å²) in [6.45, 7) is 3.52. The molecule has 0 spiro atoms. The van der Waals surface area contributed by atoms with E-state index in [1.807, 2.05) is 4.90 Å². The summed E-state index contributed by atoms with van der Waals surface area (Å²) in [5.74, 6) is 0.197. The Bertz CT molecular complexity index is 179. The average Bonchev–Trinajstić information content (AvgIpc) is 2.84. The lowest BCUT2D eigenvalue weighted by molar-refractivity contribution is -0.130. The van der Waals surface area contributed by atoms with Crippen molar-refractivity contribution in [2.45, 2.75) is 12.5 Å². The Balaban J connectivity index is 1.85. The third-order valence-corrected chi connectivity index (χ3v) is 2.14. The van der Waals surface area contributed by atoms with Crippen LogP contribution in [0.15, 0.2) is 0 Å². The van der Waals surface area contributed by atoms with Crippen LogP contribution in [0.2, 0.25) is 0 Å². The highest BCUT2D eigenvalue weighted by Crippen LogP contribution is 2.12. The molecule has 0 saturated carbocycles. The fraction of sp³-hybridized carbons (Fsp3) is 0.875. The van der Waals surface area contributed by atoms with E-state index in [1.165, 1.54) is 0 Å². The minimum Gasteiger partial charge on any atom is -0.379 e. The molecule has 0 bridgehead atoms. The van der Waals surface area contributed by atoms with Crippen LogP contribution < -0.4 is 0 Å². The van der Waals surface area contributed by atoms with Gasteiger partial charge in [-0.1, -0.05) is 0 Å². The molecule has 4 heteroatoms. The molecule has 4 nitrogen and oxygen atoms in total. The van der Waals surface area contributed by atoms with Crippen molar-refractivity contribution in [3.63, 3.8) is 0 Å². The molecule has 0 aromatic rings. The first-order valence-electron chi connectivity index (χ1n) is 4.33. The van der Waals surface area contributed by atoms with Crippen molar-refractivity contribution in [1.82, 2.24) is 4.90 Å². The zero-order valence-corrected chi connectivity index (χ0v) is 6.99. The predicted molar refractivity (Wildman–Crippen MR) is 41.8 cm³/mol.